The average Bonchev–Trinajstić information content (AvgIpc) is 2.39. The SMILES string of the molecule is CC[C@H](CO)NCc1cc(Cl)cc(OC)c1OC. The smallest absolute Gasteiger partial charge is 0.165 e. The van der Waals surface area contributed by atoms with Gasteiger partial charge in [-0.15, -0.1) is 0 Å². The molecular weight excluding hydrogens is 254 g/mol. The number of rotatable bonds is 7. The van der Waals surface area contributed by atoms with Crippen molar-refractivity contribution < 1.29 is 14.6 Å². The highest BCUT2D eigenvalue weighted by Crippen LogP contribution is 2.34. The Morgan fingerprint density at radius 3 is 2.56 bits per heavy atom. The first-order valence-corrected chi connectivity index (χ1v) is 6.28. The first-order valence-electron chi connectivity index (χ1n) is 5.90. The van der Waals surface area contributed by atoms with Crippen molar-refractivity contribution in [3.63, 3.8) is 0 Å². The van der Waals surface area contributed by atoms with Crippen LogP contribution >= 0.6 is 11.6 Å². The summed E-state index contributed by atoms with van der Waals surface area (Å²) in [5.74, 6) is 1.28. The maximum absolute atomic E-state index is 9.14. The maximum atomic E-state index is 9.14. The van der Waals surface area contributed by atoms with Gasteiger partial charge in [0.25, 0.3) is 0 Å². The molecule has 0 heterocycles. The zero-order valence-corrected chi connectivity index (χ0v) is 11.8. The normalized spacial score (nSPS) is 12.3. The molecule has 0 saturated carbocycles. The second kappa shape index (κ2) is 7.46. The number of ether oxygens (including phenoxy) is 2. The topological polar surface area (TPSA) is 50.7 Å². The number of methoxy groups -OCH3 is 2. The van der Waals surface area contributed by atoms with Crippen molar-refractivity contribution in [2.45, 2.75) is 25.9 Å². The molecule has 0 radical (unpaired) electrons. The van der Waals surface area contributed by atoms with Crippen molar-refractivity contribution in [2.75, 3.05) is 20.8 Å². The van der Waals surface area contributed by atoms with E-state index in [2.05, 4.69) is 5.32 Å². The molecule has 0 aliphatic rings. The van der Waals surface area contributed by atoms with Crippen molar-refractivity contribution >= 4 is 11.6 Å². The first-order chi connectivity index (χ1) is 8.65. The zero-order chi connectivity index (χ0) is 13.5. The lowest BCUT2D eigenvalue weighted by molar-refractivity contribution is 0.237. The molecule has 0 amide bonds. The Bertz CT molecular complexity index is 381. The Morgan fingerprint density at radius 2 is 2.06 bits per heavy atom. The van der Waals surface area contributed by atoms with Crippen LogP contribution in [0.1, 0.15) is 18.9 Å². The van der Waals surface area contributed by atoms with E-state index in [4.69, 9.17) is 26.2 Å². The highest BCUT2D eigenvalue weighted by molar-refractivity contribution is 6.30. The van der Waals surface area contributed by atoms with Gasteiger partial charge in [-0.05, 0) is 12.5 Å². The van der Waals surface area contributed by atoms with Crippen LogP contribution < -0.4 is 14.8 Å². The minimum absolute atomic E-state index is 0.0692. The summed E-state index contributed by atoms with van der Waals surface area (Å²) in [5, 5.41) is 13.0. The molecule has 5 heteroatoms. The summed E-state index contributed by atoms with van der Waals surface area (Å²) in [6, 6.07) is 3.62. The van der Waals surface area contributed by atoms with E-state index in [9.17, 15) is 0 Å². The van der Waals surface area contributed by atoms with Crippen molar-refractivity contribution in [1.29, 1.82) is 0 Å². The second-order valence-corrected chi connectivity index (χ2v) is 4.41. The highest BCUT2D eigenvalue weighted by Gasteiger charge is 2.13. The number of benzene rings is 1. The third kappa shape index (κ3) is 3.77. The minimum Gasteiger partial charge on any atom is -0.493 e. The summed E-state index contributed by atoms with van der Waals surface area (Å²) in [7, 11) is 3.17. The molecular formula is C13H20ClNO3. The third-order valence-corrected chi connectivity index (χ3v) is 3.03. The van der Waals surface area contributed by atoms with E-state index in [0.717, 1.165) is 12.0 Å². The Hall–Kier alpha value is -0.970. The van der Waals surface area contributed by atoms with Crippen LogP contribution in [0.4, 0.5) is 0 Å². The van der Waals surface area contributed by atoms with E-state index >= 15 is 0 Å². The monoisotopic (exact) mass is 273 g/mol. The van der Waals surface area contributed by atoms with Crippen molar-refractivity contribution in [1.82, 2.24) is 5.32 Å². The minimum atomic E-state index is 0.0692. The average molecular weight is 274 g/mol. The van der Waals surface area contributed by atoms with E-state index in [0.29, 0.717) is 23.1 Å². The number of aliphatic hydroxyl groups is 1. The summed E-state index contributed by atoms with van der Waals surface area (Å²) >= 11 is 6.03. The molecule has 0 aromatic heterocycles. The molecule has 1 aromatic carbocycles. The van der Waals surface area contributed by atoms with Crippen LogP contribution in [-0.2, 0) is 6.54 Å². The van der Waals surface area contributed by atoms with Gasteiger partial charge < -0.3 is 19.9 Å². The lowest BCUT2D eigenvalue weighted by Gasteiger charge is -2.17. The number of aliphatic hydroxyl groups excluding tert-OH is 1. The van der Waals surface area contributed by atoms with Crippen molar-refractivity contribution in [3.8, 4) is 11.5 Å². The number of nitrogens with one attached hydrogen (secondary N) is 1. The fraction of sp³-hybridized carbons (Fsp3) is 0.538. The summed E-state index contributed by atoms with van der Waals surface area (Å²) in [6.07, 6.45) is 0.858. The molecule has 1 rings (SSSR count). The number of hydrogen-bond acceptors (Lipinski definition) is 4. The van der Waals surface area contributed by atoms with Gasteiger partial charge in [0.1, 0.15) is 0 Å². The fourth-order valence-corrected chi connectivity index (χ4v) is 1.96. The van der Waals surface area contributed by atoms with Gasteiger partial charge in [0, 0.05) is 29.2 Å². The molecule has 0 aliphatic heterocycles. The number of halogens is 1. The Morgan fingerprint density at radius 1 is 1.33 bits per heavy atom. The van der Waals surface area contributed by atoms with Gasteiger partial charge in [0.15, 0.2) is 11.5 Å². The van der Waals surface area contributed by atoms with Crippen LogP contribution in [-0.4, -0.2) is 32.0 Å². The van der Waals surface area contributed by atoms with Crippen LogP contribution in [0.3, 0.4) is 0 Å². The van der Waals surface area contributed by atoms with Gasteiger partial charge >= 0.3 is 0 Å². The van der Waals surface area contributed by atoms with Gasteiger partial charge in [-0.1, -0.05) is 18.5 Å². The highest BCUT2D eigenvalue weighted by atomic mass is 35.5. The standard InChI is InChI=1S/C13H20ClNO3/c1-4-11(8-16)15-7-9-5-10(14)6-12(17-2)13(9)18-3/h5-6,11,15-16H,4,7-8H2,1-3H3/t11-/m1/s1. The fourth-order valence-electron chi connectivity index (χ4n) is 1.73. The molecule has 0 spiro atoms. The van der Waals surface area contributed by atoms with Crippen LogP contribution in [0, 0.1) is 0 Å². The molecule has 0 saturated heterocycles. The van der Waals surface area contributed by atoms with Crippen LogP contribution in [0.25, 0.3) is 0 Å². The largest absolute Gasteiger partial charge is 0.493 e. The van der Waals surface area contributed by atoms with Gasteiger partial charge in [-0.2, -0.15) is 0 Å². The molecule has 2 N–H and O–H groups in total. The van der Waals surface area contributed by atoms with E-state index in [1.165, 1.54) is 0 Å². The molecule has 0 aliphatic carbocycles. The number of hydrogen-bond donors (Lipinski definition) is 2. The van der Waals surface area contributed by atoms with Gasteiger partial charge in [0.05, 0.1) is 20.8 Å². The Balaban J connectivity index is 2.89. The molecule has 4 nitrogen and oxygen atoms in total. The lowest BCUT2D eigenvalue weighted by Crippen LogP contribution is -2.31. The summed E-state index contributed by atoms with van der Waals surface area (Å²) in [5.41, 5.74) is 0.911. The molecule has 0 bridgehead atoms. The first kappa shape index (κ1) is 15.1. The predicted molar refractivity (Wildman–Crippen MR) is 72.6 cm³/mol. The van der Waals surface area contributed by atoms with Crippen molar-refractivity contribution in [3.05, 3.63) is 22.7 Å². The quantitative estimate of drug-likeness (QED) is 0.800. The van der Waals surface area contributed by atoms with Crippen molar-refractivity contribution in [2.24, 2.45) is 0 Å². The van der Waals surface area contributed by atoms with E-state index in [-0.39, 0.29) is 12.6 Å². The van der Waals surface area contributed by atoms with E-state index in [1.807, 2.05) is 13.0 Å². The summed E-state index contributed by atoms with van der Waals surface area (Å²) in [6.45, 7) is 2.69. The molecule has 102 valence electrons. The maximum Gasteiger partial charge on any atom is 0.165 e. The summed E-state index contributed by atoms with van der Waals surface area (Å²) < 4.78 is 10.6. The molecule has 1 aromatic rings. The van der Waals surface area contributed by atoms with E-state index < -0.39 is 0 Å². The summed E-state index contributed by atoms with van der Waals surface area (Å²) in [4.78, 5) is 0. The molecule has 0 unspecified atom stereocenters. The van der Waals surface area contributed by atoms with Crippen LogP contribution in [0.5, 0.6) is 11.5 Å². The third-order valence-electron chi connectivity index (χ3n) is 2.81. The van der Waals surface area contributed by atoms with Gasteiger partial charge in [0.2, 0.25) is 0 Å². The lowest BCUT2D eigenvalue weighted by atomic mass is 10.1. The second-order valence-electron chi connectivity index (χ2n) is 3.97. The van der Waals surface area contributed by atoms with Crippen LogP contribution in [0.15, 0.2) is 12.1 Å². The predicted octanol–water partition coefficient (Wildman–Crippen LogP) is 2.22. The Labute approximate surface area is 113 Å². The van der Waals surface area contributed by atoms with Crippen LogP contribution in [0.2, 0.25) is 5.02 Å². The zero-order valence-electron chi connectivity index (χ0n) is 11.0. The van der Waals surface area contributed by atoms with Gasteiger partial charge in [-0.25, -0.2) is 0 Å². The molecule has 1 atom stereocenters. The Kier molecular flexibility index (Phi) is 6.25. The molecule has 18 heavy (non-hydrogen) atoms. The van der Waals surface area contributed by atoms with E-state index in [1.54, 1.807) is 20.3 Å². The van der Waals surface area contributed by atoms with Gasteiger partial charge in [-0.3, -0.25) is 0 Å². The molecule has 0 fully saturated rings.